The molecule has 0 aliphatic heterocycles. The summed E-state index contributed by atoms with van der Waals surface area (Å²) in [6.07, 6.45) is 5.75. The van der Waals surface area contributed by atoms with Crippen LogP contribution in [0.5, 0.6) is 0 Å². The van der Waals surface area contributed by atoms with Crippen molar-refractivity contribution in [1.82, 2.24) is 4.98 Å². The van der Waals surface area contributed by atoms with Gasteiger partial charge in [-0.25, -0.2) is 4.99 Å². The van der Waals surface area contributed by atoms with Gasteiger partial charge in [0.05, 0.1) is 5.69 Å². The molecule has 0 bridgehead atoms. The van der Waals surface area contributed by atoms with Crippen molar-refractivity contribution >= 4 is 29.6 Å². The van der Waals surface area contributed by atoms with E-state index in [0.29, 0.717) is 5.88 Å². The van der Waals surface area contributed by atoms with Gasteiger partial charge in [-0.15, -0.1) is 0 Å². The molecule has 0 amide bonds. The number of rotatable bonds is 3. The zero-order chi connectivity index (χ0) is 14.8. The van der Waals surface area contributed by atoms with E-state index >= 15 is 0 Å². The van der Waals surface area contributed by atoms with Crippen molar-refractivity contribution in [1.29, 1.82) is 0 Å². The fourth-order valence-corrected chi connectivity index (χ4v) is 2.54. The lowest BCUT2D eigenvalue weighted by atomic mass is 10.0. The predicted octanol–water partition coefficient (Wildman–Crippen LogP) is 5.17. The van der Waals surface area contributed by atoms with E-state index in [9.17, 15) is 0 Å². The maximum absolute atomic E-state index is 5.95. The third kappa shape index (κ3) is 2.17. The molecular weight excluding hydrogens is 260 g/mol. The largest absolute Gasteiger partial charge is 0.437 e. The summed E-state index contributed by atoms with van der Waals surface area (Å²) in [7, 11) is 0. The lowest BCUT2D eigenvalue weighted by molar-refractivity contribution is 0.626. The summed E-state index contributed by atoms with van der Waals surface area (Å²) in [6.45, 7) is 7.63. The quantitative estimate of drug-likeness (QED) is 0.619. The summed E-state index contributed by atoms with van der Waals surface area (Å²) in [5, 5.41) is 1.03. The van der Waals surface area contributed by atoms with Crippen molar-refractivity contribution in [3.8, 4) is 11.3 Å². The Balaban J connectivity index is 2.40. The van der Waals surface area contributed by atoms with Crippen LogP contribution in [0, 0.1) is 6.92 Å². The number of fused-ring (bicyclic) bond motifs is 1. The van der Waals surface area contributed by atoms with Gasteiger partial charge in [0, 0.05) is 22.7 Å². The van der Waals surface area contributed by atoms with Crippen LogP contribution in [0.2, 0.25) is 0 Å². The highest BCUT2D eigenvalue weighted by atomic mass is 16.3. The van der Waals surface area contributed by atoms with Crippen LogP contribution in [0.1, 0.15) is 18.1 Å². The molecule has 0 saturated carbocycles. The van der Waals surface area contributed by atoms with Crippen LogP contribution >= 0.6 is 0 Å². The van der Waals surface area contributed by atoms with E-state index < -0.39 is 0 Å². The number of benzene rings is 1. The number of pyridine rings is 1. The van der Waals surface area contributed by atoms with Crippen LogP contribution in [0.4, 0.5) is 5.88 Å². The molecular formula is C18H16N2O. The van der Waals surface area contributed by atoms with Gasteiger partial charge in [0.2, 0.25) is 5.88 Å². The number of nitrogens with zero attached hydrogens (tertiary/aromatic N) is 2. The highest BCUT2D eigenvalue weighted by molar-refractivity contribution is 6.00. The molecule has 1 aromatic carbocycles. The van der Waals surface area contributed by atoms with E-state index in [0.717, 1.165) is 33.4 Å². The van der Waals surface area contributed by atoms with E-state index in [1.165, 1.54) is 0 Å². The molecule has 0 aliphatic rings. The predicted molar refractivity (Wildman–Crippen MR) is 88.1 cm³/mol. The smallest absolute Gasteiger partial charge is 0.226 e. The molecule has 104 valence electrons. The molecule has 0 unspecified atom stereocenters. The lowest BCUT2D eigenvalue weighted by Gasteiger charge is -2.05. The van der Waals surface area contributed by atoms with E-state index in [-0.39, 0.29) is 0 Å². The average Bonchev–Trinajstić information content (AvgIpc) is 2.86. The van der Waals surface area contributed by atoms with Gasteiger partial charge in [-0.3, -0.25) is 4.98 Å². The third-order valence-corrected chi connectivity index (χ3v) is 3.48. The van der Waals surface area contributed by atoms with Gasteiger partial charge >= 0.3 is 0 Å². The summed E-state index contributed by atoms with van der Waals surface area (Å²) in [4.78, 5) is 8.45. The van der Waals surface area contributed by atoms with E-state index in [1.807, 2.05) is 37.3 Å². The summed E-state index contributed by atoms with van der Waals surface area (Å²) in [5.74, 6) is 0.547. The van der Waals surface area contributed by atoms with Gasteiger partial charge in [0.1, 0.15) is 5.58 Å². The van der Waals surface area contributed by atoms with Gasteiger partial charge < -0.3 is 4.42 Å². The second-order valence-corrected chi connectivity index (χ2v) is 4.83. The Hall–Kier alpha value is -2.68. The van der Waals surface area contributed by atoms with Crippen molar-refractivity contribution in [2.75, 3.05) is 0 Å². The minimum Gasteiger partial charge on any atom is -0.437 e. The van der Waals surface area contributed by atoms with Gasteiger partial charge in [0.25, 0.3) is 0 Å². The molecule has 0 radical (unpaired) electrons. The normalized spacial score (nSPS) is 11.3. The Bertz CT molecular complexity index is 829. The van der Waals surface area contributed by atoms with Crippen molar-refractivity contribution in [3.63, 3.8) is 0 Å². The molecule has 0 spiro atoms. The van der Waals surface area contributed by atoms with Gasteiger partial charge in [0.15, 0.2) is 0 Å². The highest BCUT2D eigenvalue weighted by Crippen LogP contribution is 2.39. The van der Waals surface area contributed by atoms with Crippen molar-refractivity contribution in [2.45, 2.75) is 13.8 Å². The molecule has 0 aliphatic carbocycles. The van der Waals surface area contributed by atoms with Gasteiger partial charge in [-0.05, 0) is 38.3 Å². The maximum atomic E-state index is 5.95. The SMILES string of the molecule is C=Nc1oc2c(-c3ccccn3)c(C)ccc2c1/C=C\C. The Morgan fingerprint density at radius 3 is 2.76 bits per heavy atom. The van der Waals surface area contributed by atoms with Gasteiger partial charge in [-0.2, -0.15) is 0 Å². The molecule has 2 heterocycles. The highest BCUT2D eigenvalue weighted by Gasteiger charge is 2.17. The zero-order valence-electron chi connectivity index (χ0n) is 12.1. The Morgan fingerprint density at radius 1 is 1.24 bits per heavy atom. The molecule has 3 nitrogen and oxygen atoms in total. The molecule has 2 aromatic heterocycles. The molecule has 0 fully saturated rings. The minimum atomic E-state index is 0.547. The summed E-state index contributed by atoms with van der Waals surface area (Å²) < 4.78 is 5.95. The summed E-state index contributed by atoms with van der Waals surface area (Å²) >= 11 is 0. The molecule has 0 N–H and O–H groups in total. The number of aromatic nitrogens is 1. The summed E-state index contributed by atoms with van der Waals surface area (Å²) in [5.41, 5.74) is 4.80. The van der Waals surface area contributed by atoms with E-state index in [1.54, 1.807) is 6.20 Å². The maximum Gasteiger partial charge on any atom is 0.226 e. The number of hydrogen-bond donors (Lipinski definition) is 0. The standard InChI is InChI=1S/C18H16N2O/c1-4-7-14-13-10-9-12(2)16(15-8-5-6-11-20-15)17(13)21-18(14)19-3/h4-11H,3H2,1-2H3/b7-4-. The number of hydrogen-bond acceptors (Lipinski definition) is 3. The fraction of sp³-hybridized carbons (Fsp3) is 0.111. The first-order chi connectivity index (χ1) is 10.3. The van der Waals surface area contributed by atoms with E-state index in [4.69, 9.17) is 4.42 Å². The van der Waals surface area contributed by atoms with Crippen LogP contribution in [0.3, 0.4) is 0 Å². The summed E-state index contributed by atoms with van der Waals surface area (Å²) in [6, 6.07) is 10.0. The molecule has 3 heteroatoms. The fourth-order valence-electron chi connectivity index (χ4n) is 2.54. The van der Waals surface area contributed by atoms with Crippen LogP contribution in [0.25, 0.3) is 28.3 Å². The first-order valence-corrected chi connectivity index (χ1v) is 6.83. The second-order valence-electron chi connectivity index (χ2n) is 4.83. The average molecular weight is 276 g/mol. The third-order valence-electron chi connectivity index (χ3n) is 3.48. The first-order valence-electron chi connectivity index (χ1n) is 6.83. The topological polar surface area (TPSA) is 38.4 Å². The number of allylic oxidation sites excluding steroid dienone is 1. The zero-order valence-corrected chi connectivity index (χ0v) is 12.1. The minimum absolute atomic E-state index is 0.547. The van der Waals surface area contributed by atoms with Crippen molar-refractivity contribution in [2.24, 2.45) is 4.99 Å². The molecule has 3 rings (SSSR count). The Morgan fingerprint density at radius 2 is 2.10 bits per heavy atom. The molecule has 3 aromatic rings. The molecule has 0 atom stereocenters. The van der Waals surface area contributed by atoms with E-state index in [2.05, 4.69) is 35.8 Å². The molecule has 21 heavy (non-hydrogen) atoms. The van der Waals surface area contributed by atoms with Crippen LogP contribution < -0.4 is 0 Å². The number of aryl methyl sites for hydroxylation is 1. The van der Waals surface area contributed by atoms with Crippen molar-refractivity contribution in [3.05, 3.63) is 53.7 Å². The Kier molecular flexibility index (Phi) is 3.40. The van der Waals surface area contributed by atoms with Gasteiger partial charge in [-0.1, -0.05) is 30.4 Å². The van der Waals surface area contributed by atoms with Crippen LogP contribution in [-0.2, 0) is 0 Å². The lowest BCUT2D eigenvalue weighted by Crippen LogP contribution is -1.87. The molecule has 0 saturated heterocycles. The van der Waals surface area contributed by atoms with Crippen LogP contribution in [-0.4, -0.2) is 11.7 Å². The second kappa shape index (κ2) is 5.37. The monoisotopic (exact) mass is 276 g/mol. The number of aliphatic imine (C=N–C) groups is 1. The number of furan rings is 1. The van der Waals surface area contributed by atoms with Crippen LogP contribution in [0.15, 0.2) is 52.0 Å². The first kappa shape index (κ1) is 13.3. The van der Waals surface area contributed by atoms with Crippen molar-refractivity contribution < 1.29 is 4.42 Å². The Labute approximate surface area is 123 Å².